The first-order valence-corrected chi connectivity index (χ1v) is 5.70. The first-order chi connectivity index (χ1) is 7.74. The molecule has 0 fully saturated rings. The number of rotatable bonds is 3. The van der Waals surface area contributed by atoms with Gasteiger partial charge < -0.3 is 5.73 Å². The van der Waals surface area contributed by atoms with Crippen LogP contribution in [0.15, 0.2) is 35.1 Å². The number of halogens is 2. The van der Waals surface area contributed by atoms with Gasteiger partial charge in [-0.1, -0.05) is 12.1 Å². The van der Waals surface area contributed by atoms with E-state index >= 15 is 0 Å². The number of benzene rings is 1. The van der Waals surface area contributed by atoms with Gasteiger partial charge in [-0.05, 0) is 41.0 Å². The minimum atomic E-state index is -0.300. The van der Waals surface area contributed by atoms with Crippen molar-refractivity contribution in [2.75, 3.05) is 6.54 Å². The molecule has 1 heterocycles. The predicted molar refractivity (Wildman–Crippen MR) is 64.0 cm³/mol. The van der Waals surface area contributed by atoms with Crippen LogP contribution in [-0.2, 0) is 6.42 Å². The van der Waals surface area contributed by atoms with Gasteiger partial charge in [-0.3, -0.25) is 0 Å². The van der Waals surface area contributed by atoms with Crippen molar-refractivity contribution < 1.29 is 4.39 Å². The Hall–Kier alpha value is -1.20. The van der Waals surface area contributed by atoms with Gasteiger partial charge in [0.15, 0.2) is 0 Å². The van der Waals surface area contributed by atoms with Crippen LogP contribution in [0.5, 0.6) is 0 Å². The molecular formula is C11H11BrFN3. The van der Waals surface area contributed by atoms with Crippen molar-refractivity contribution >= 4 is 15.9 Å². The number of para-hydroxylation sites is 1. The predicted octanol–water partition coefficient (Wildman–Crippen LogP) is 2.28. The van der Waals surface area contributed by atoms with E-state index in [1.165, 1.54) is 10.7 Å². The smallest absolute Gasteiger partial charge is 0.148 e. The van der Waals surface area contributed by atoms with Crippen molar-refractivity contribution in [3.05, 3.63) is 46.4 Å². The van der Waals surface area contributed by atoms with Crippen LogP contribution in [0.3, 0.4) is 0 Å². The van der Waals surface area contributed by atoms with Gasteiger partial charge in [0, 0.05) is 5.56 Å². The van der Waals surface area contributed by atoms with Gasteiger partial charge >= 0.3 is 0 Å². The molecule has 2 N–H and O–H groups in total. The Kier molecular flexibility index (Phi) is 3.36. The maximum atomic E-state index is 13.5. The first kappa shape index (κ1) is 11.3. The normalized spacial score (nSPS) is 10.7. The van der Waals surface area contributed by atoms with Gasteiger partial charge in [0.05, 0.1) is 6.20 Å². The standard InChI is InChI=1S/C11H11BrFN3/c12-11-8(5-6-14)7-15-16(11)10-4-2-1-3-9(10)13/h1-4,7H,5-6,14H2. The van der Waals surface area contributed by atoms with Crippen LogP contribution in [-0.4, -0.2) is 16.3 Å². The third kappa shape index (κ3) is 2.01. The van der Waals surface area contributed by atoms with E-state index in [-0.39, 0.29) is 5.82 Å². The van der Waals surface area contributed by atoms with Crippen molar-refractivity contribution in [3.8, 4) is 5.69 Å². The second kappa shape index (κ2) is 4.76. The number of hydrogen-bond donors (Lipinski definition) is 1. The number of hydrogen-bond acceptors (Lipinski definition) is 2. The molecule has 0 unspecified atom stereocenters. The van der Waals surface area contributed by atoms with Crippen LogP contribution >= 0.6 is 15.9 Å². The van der Waals surface area contributed by atoms with Crippen LogP contribution in [0.1, 0.15) is 5.56 Å². The summed E-state index contributed by atoms with van der Waals surface area (Å²) in [6.07, 6.45) is 2.42. The molecule has 2 rings (SSSR count). The number of nitrogens with zero attached hydrogens (tertiary/aromatic N) is 2. The lowest BCUT2D eigenvalue weighted by Gasteiger charge is -2.04. The highest BCUT2D eigenvalue weighted by molar-refractivity contribution is 9.10. The Balaban J connectivity index is 2.45. The molecule has 0 bridgehead atoms. The van der Waals surface area contributed by atoms with Gasteiger partial charge in [-0.25, -0.2) is 9.07 Å². The highest BCUT2D eigenvalue weighted by Crippen LogP contribution is 2.22. The fraction of sp³-hybridized carbons (Fsp3) is 0.182. The van der Waals surface area contributed by atoms with E-state index in [0.29, 0.717) is 12.2 Å². The molecule has 3 nitrogen and oxygen atoms in total. The number of aromatic nitrogens is 2. The second-order valence-corrected chi connectivity index (χ2v) is 4.11. The van der Waals surface area contributed by atoms with Crippen molar-refractivity contribution in [3.63, 3.8) is 0 Å². The van der Waals surface area contributed by atoms with Gasteiger partial charge in [-0.15, -0.1) is 0 Å². The summed E-state index contributed by atoms with van der Waals surface area (Å²) in [6.45, 7) is 0.543. The van der Waals surface area contributed by atoms with Crippen molar-refractivity contribution in [2.45, 2.75) is 6.42 Å². The van der Waals surface area contributed by atoms with E-state index in [4.69, 9.17) is 5.73 Å². The second-order valence-electron chi connectivity index (χ2n) is 3.36. The average molecular weight is 284 g/mol. The maximum absolute atomic E-state index is 13.5. The molecule has 0 radical (unpaired) electrons. The lowest BCUT2D eigenvalue weighted by Crippen LogP contribution is -2.03. The van der Waals surface area contributed by atoms with Crippen LogP contribution in [0.25, 0.3) is 5.69 Å². The summed E-state index contributed by atoms with van der Waals surface area (Å²) >= 11 is 3.40. The van der Waals surface area contributed by atoms with Crippen molar-refractivity contribution in [1.82, 2.24) is 9.78 Å². The maximum Gasteiger partial charge on any atom is 0.148 e. The Morgan fingerprint density at radius 1 is 1.38 bits per heavy atom. The summed E-state index contributed by atoms with van der Waals surface area (Å²) < 4.78 is 15.8. The largest absolute Gasteiger partial charge is 0.330 e. The molecule has 5 heteroatoms. The van der Waals surface area contributed by atoms with E-state index in [1.807, 2.05) is 0 Å². The minimum Gasteiger partial charge on any atom is -0.330 e. The van der Waals surface area contributed by atoms with Crippen LogP contribution in [0.4, 0.5) is 4.39 Å². The molecule has 84 valence electrons. The molecule has 0 spiro atoms. The third-order valence-electron chi connectivity index (χ3n) is 2.27. The molecule has 1 aromatic heterocycles. The summed E-state index contributed by atoms with van der Waals surface area (Å²) in [5.74, 6) is -0.300. The SMILES string of the molecule is NCCc1cnn(-c2ccccc2F)c1Br. The Labute approximate surface area is 101 Å². The topological polar surface area (TPSA) is 43.8 Å². The molecule has 0 saturated carbocycles. The molecule has 0 amide bonds. The van der Waals surface area contributed by atoms with E-state index < -0.39 is 0 Å². The lowest BCUT2D eigenvalue weighted by molar-refractivity contribution is 0.609. The molecular weight excluding hydrogens is 273 g/mol. The quantitative estimate of drug-likeness (QED) is 0.939. The zero-order valence-corrected chi connectivity index (χ0v) is 10.1. The molecule has 0 saturated heterocycles. The molecule has 16 heavy (non-hydrogen) atoms. The lowest BCUT2D eigenvalue weighted by atomic mass is 10.2. The summed E-state index contributed by atoms with van der Waals surface area (Å²) in [4.78, 5) is 0. The highest BCUT2D eigenvalue weighted by Gasteiger charge is 2.11. The molecule has 0 aliphatic rings. The summed E-state index contributed by atoms with van der Waals surface area (Å²) in [6, 6.07) is 6.51. The Morgan fingerprint density at radius 2 is 2.12 bits per heavy atom. The number of nitrogens with two attached hydrogens (primary N) is 1. The molecule has 0 aliphatic carbocycles. The van der Waals surface area contributed by atoms with Crippen LogP contribution in [0, 0.1) is 5.82 Å². The van der Waals surface area contributed by atoms with Gasteiger partial charge in [0.2, 0.25) is 0 Å². The van der Waals surface area contributed by atoms with Crippen LogP contribution < -0.4 is 5.73 Å². The molecule has 1 aromatic carbocycles. The first-order valence-electron chi connectivity index (χ1n) is 4.91. The van der Waals surface area contributed by atoms with Gasteiger partial charge in [-0.2, -0.15) is 5.10 Å². The van der Waals surface area contributed by atoms with Gasteiger partial charge in [0.1, 0.15) is 16.1 Å². The highest BCUT2D eigenvalue weighted by atomic mass is 79.9. The molecule has 0 atom stereocenters. The Morgan fingerprint density at radius 3 is 2.81 bits per heavy atom. The van der Waals surface area contributed by atoms with Crippen molar-refractivity contribution in [1.29, 1.82) is 0 Å². The zero-order chi connectivity index (χ0) is 11.5. The summed E-state index contributed by atoms with van der Waals surface area (Å²) in [5.41, 5.74) is 6.88. The molecule has 2 aromatic rings. The van der Waals surface area contributed by atoms with E-state index in [2.05, 4.69) is 21.0 Å². The monoisotopic (exact) mass is 283 g/mol. The third-order valence-corrected chi connectivity index (χ3v) is 3.12. The zero-order valence-electron chi connectivity index (χ0n) is 8.53. The van der Waals surface area contributed by atoms with E-state index in [9.17, 15) is 4.39 Å². The fourth-order valence-corrected chi connectivity index (χ4v) is 2.07. The minimum absolute atomic E-state index is 0.300. The van der Waals surface area contributed by atoms with Crippen molar-refractivity contribution in [2.24, 2.45) is 5.73 Å². The summed E-state index contributed by atoms with van der Waals surface area (Å²) in [7, 11) is 0. The fourth-order valence-electron chi connectivity index (χ4n) is 1.48. The molecule has 0 aliphatic heterocycles. The van der Waals surface area contributed by atoms with Gasteiger partial charge in [0.25, 0.3) is 0 Å². The summed E-state index contributed by atoms with van der Waals surface area (Å²) in [5, 5.41) is 4.14. The van der Waals surface area contributed by atoms with E-state index in [0.717, 1.165) is 16.6 Å². The average Bonchev–Trinajstić information content (AvgIpc) is 2.62. The van der Waals surface area contributed by atoms with E-state index in [1.54, 1.807) is 24.4 Å². The van der Waals surface area contributed by atoms with Crippen LogP contribution in [0.2, 0.25) is 0 Å². The Bertz CT molecular complexity index is 496.